The molecule has 0 unspecified atom stereocenters. The Morgan fingerprint density at radius 1 is 1.00 bits per heavy atom. The maximum absolute atomic E-state index is 13.5. The van der Waals surface area contributed by atoms with Crippen molar-refractivity contribution in [2.45, 2.75) is 9.92 Å². The number of anilines is 2. The molecule has 5 rings (SSSR count). The van der Waals surface area contributed by atoms with E-state index in [4.69, 9.17) is 23.0 Å². The third-order valence-electron chi connectivity index (χ3n) is 4.76. The van der Waals surface area contributed by atoms with Crippen molar-refractivity contribution in [3.8, 4) is 28.9 Å². The minimum absolute atomic E-state index is 0.0101. The topological polar surface area (TPSA) is 113 Å². The number of aromatic nitrogens is 1. The molecule has 0 saturated carbocycles. The molecule has 3 heterocycles. The summed E-state index contributed by atoms with van der Waals surface area (Å²) < 4.78 is 54.6. The van der Waals surface area contributed by atoms with Crippen molar-refractivity contribution in [1.82, 2.24) is 4.98 Å². The van der Waals surface area contributed by atoms with E-state index in [2.05, 4.69) is 10.3 Å². The van der Waals surface area contributed by atoms with Crippen molar-refractivity contribution in [1.29, 1.82) is 0 Å². The summed E-state index contributed by atoms with van der Waals surface area (Å²) in [5.41, 5.74) is 0.510. The smallest absolute Gasteiger partial charge is 0.266 e. The molecule has 0 atom stereocenters. The third kappa shape index (κ3) is 3.54. The van der Waals surface area contributed by atoms with Crippen LogP contribution in [-0.2, 0) is 9.84 Å². The lowest BCUT2D eigenvalue weighted by molar-refractivity contribution is 0.171. The first-order valence-corrected chi connectivity index (χ1v) is 11.1. The summed E-state index contributed by atoms with van der Waals surface area (Å²) in [5.74, 6) is 1.58. The van der Waals surface area contributed by atoms with Crippen LogP contribution in [0.1, 0.15) is 0 Å². The monoisotopic (exact) mass is 454 g/mol. The molecule has 0 spiro atoms. The number of methoxy groups -OCH3 is 1. The van der Waals surface area contributed by atoms with Gasteiger partial charge < -0.3 is 28.4 Å². The molecule has 32 heavy (non-hydrogen) atoms. The molecule has 9 nitrogen and oxygen atoms in total. The van der Waals surface area contributed by atoms with E-state index in [1.54, 1.807) is 42.5 Å². The molecule has 0 saturated heterocycles. The number of para-hydroxylation sites is 2. The number of benzene rings is 2. The molecule has 0 bridgehead atoms. The van der Waals surface area contributed by atoms with Crippen LogP contribution in [0.15, 0.2) is 79.6 Å². The lowest BCUT2D eigenvalue weighted by Gasteiger charge is -2.18. The number of nitrogens with one attached hydrogen (secondary N) is 1. The Bertz CT molecular complexity index is 1360. The molecule has 164 valence electrons. The van der Waals surface area contributed by atoms with Crippen molar-refractivity contribution in [3.05, 3.63) is 60.9 Å². The van der Waals surface area contributed by atoms with Gasteiger partial charge in [0.1, 0.15) is 19.0 Å². The number of fused-ring (bicyclic) bond motifs is 1. The van der Waals surface area contributed by atoms with Crippen LogP contribution in [0.4, 0.5) is 11.6 Å². The predicted molar refractivity (Wildman–Crippen MR) is 113 cm³/mol. The van der Waals surface area contributed by atoms with Gasteiger partial charge in [-0.15, -0.1) is 0 Å². The van der Waals surface area contributed by atoms with Gasteiger partial charge in [-0.3, -0.25) is 0 Å². The van der Waals surface area contributed by atoms with E-state index in [-0.39, 0.29) is 27.5 Å². The zero-order chi connectivity index (χ0) is 22.1. The van der Waals surface area contributed by atoms with Gasteiger partial charge in [0, 0.05) is 6.07 Å². The van der Waals surface area contributed by atoms with Crippen molar-refractivity contribution < 1.29 is 31.5 Å². The number of ether oxygens (including phenoxy) is 3. The fraction of sp³-hybridized carbons (Fsp3) is 0.136. The highest BCUT2D eigenvalue weighted by Crippen LogP contribution is 2.39. The largest absolute Gasteiger partial charge is 0.495 e. The highest BCUT2D eigenvalue weighted by molar-refractivity contribution is 7.91. The second-order valence-corrected chi connectivity index (χ2v) is 8.63. The molecule has 0 amide bonds. The zero-order valence-corrected chi connectivity index (χ0v) is 17.7. The summed E-state index contributed by atoms with van der Waals surface area (Å²) in [6.45, 7) is 0.742. The first-order chi connectivity index (χ1) is 15.6. The number of furan rings is 1. The third-order valence-corrected chi connectivity index (χ3v) is 6.42. The van der Waals surface area contributed by atoms with Gasteiger partial charge in [0.15, 0.2) is 17.3 Å². The average molecular weight is 454 g/mol. The molecule has 4 aromatic rings. The average Bonchev–Trinajstić information content (AvgIpc) is 3.49. The number of hydrogen-bond acceptors (Lipinski definition) is 9. The standard InChI is InChI=1S/C22H18N2O7S/c1-27-16-6-3-2-5-15(16)23-21-22(24-20(31-21)18-7-4-10-28-18)32(25,26)14-8-9-17-19(13-14)30-12-11-29-17/h2-10,13,23H,11-12H2,1H3. The van der Waals surface area contributed by atoms with Gasteiger partial charge in [-0.25, -0.2) is 8.42 Å². The molecule has 0 aliphatic carbocycles. The molecular formula is C22H18N2O7S. The fourth-order valence-electron chi connectivity index (χ4n) is 3.25. The van der Waals surface area contributed by atoms with Crippen LogP contribution >= 0.6 is 0 Å². The highest BCUT2D eigenvalue weighted by Gasteiger charge is 2.31. The Morgan fingerprint density at radius 2 is 1.81 bits per heavy atom. The van der Waals surface area contributed by atoms with E-state index in [1.807, 2.05) is 0 Å². The normalized spacial score (nSPS) is 13.0. The molecule has 1 N–H and O–H groups in total. The van der Waals surface area contributed by atoms with Crippen molar-refractivity contribution in [2.24, 2.45) is 0 Å². The molecule has 2 aromatic carbocycles. The van der Waals surface area contributed by atoms with Crippen LogP contribution in [0.25, 0.3) is 11.7 Å². The minimum atomic E-state index is -4.10. The number of oxazole rings is 1. The summed E-state index contributed by atoms with van der Waals surface area (Å²) in [6, 6.07) is 14.7. The van der Waals surface area contributed by atoms with Gasteiger partial charge >= 0.3 is 0 Å². The lowest BCUT2D eigenvalue weighted by Crippen LogP contribution is -2.16. The molecule has 0 fully saturated rings. The Labute approximate surface area is 183 Å². The Hall–Kier alpha value is -3.92. The summed E-state index contributed by atoms with van der Waals surface area (Å²) >= 11 is 0. The summed E-state index contributed by atoms with van der Waals surface area (Å²) in [7, 11) is -2.58. The van der Waals surface area contributed by atoms with Crippen LogP contribution in [0, 0.1) is 0 Å². The van der Waals surface area contributed by atoms with Crippen molar-refractivity contribution >= 4 is 21.4 Å². The Kier molecular flexibility index (Phi) is 4.98. The molecular weight excluding hydrogens is 436 g/mol. The number of nitrogens with zero attached hydrogens (tertiary/aromatic N) is 1. The molecule has 1 aliphatic rings. The number of hydrogen-bond donors (Lipinski definition) is 1. The van der Waals surface area contributed by atoms with Gasteiger partial charge in [-0.1, -0.05) is 12.1 Å². The maximum Gasteiger partial charge on any atom is 0.266 e. The fourth-order valence-corrected chi connectivity index (χ4v) is 4.52. The van der Waals surface area contributed by atoms with Gasteiger partial charge in [0.25, 0.3) is 5.89 Å². The van der Waals surface area contributed by atoms with E-state index < -0.39 is 9.84 Å². The summed E-state index contributed by atoms with van der Waals surface area (Å²) in [4.78, 5) is 4.23. The van der Waals surface area contributed by atoms with Crippen molar-refractivity contribution in [2.75, 3.05) is 25.6 Å². The predicted octanol–water partition coefficient (Wildman–Crippen LogP) is 4.29. The van der Waals surface area contributed by atoms with Crippen molar-refractivity contribution in [3.63, 3.8) is 0 Å². The molecule has 2 aromatic heterocycles. The molecule has 0 radical (unpaired) electrons. The lowest BCUT2D eigenvalue weighted by atomic mass is 10.3. The van der Waals surface area contributed by atoms with Gasteiger partial charge in [0.2, 0.25) is 20.7 Å². The van der Waals surface area contributed by atoms with E-state index >= 15 is 0 Å². The van der Waals surface area contributed by atoms with Gasteiger partial charge in [-0.05, 0) is 36.4 Å². The van der Waals surface area contributed by atoms with Crippen LogP contribution in [0.5, 0.6) is 17.2 Å². The summed E-state index contributed by atoms with van der Waals surface area (Å²) in [5, 5.41) is 2.68. The van der Waals surface area contributed by atoms with Crippen LogP contribution in [0.3, 0.4) is 0 Å². The quantitative estimate of drug-likeness (QED) is 0.456. The van der Waals surface area contributed by atoms with Gasteiger partial charge in [0.05, 0.1) is 24.0 Å². The first-order valence-electron chi connectivity index (χ1n) is 9.66. The van der Waals surface area contributed by atoms with Crippen LogP contribution in [-0.4, -0.2) is 33.7 Å². The van der Waals surface area contributed by atoms with E-state index in [0.29, 0.717) is 36.1 Å². The van der Waals surface area contributed by atoms with E-state index in [9.17, 15) is 8.42 Å². The van der Waals surface area contributed by atoms with E-state index in [1.165, 1.54) is 25.5 Å². The Morgan fingerprint density at radius 3 is 2.59 bits per heavy atom. The van der Waals surface area contributed by atoms with Gasteiger partial charge in [-0.2, -0.15) is 4.98 Å². The first kappa shape index (κ1) is 20.0. The second-order valence-electron chi connectivity index (χ2n) is 6.76. The number of rotatable bonds is 6. The van der Waals surface area contributed by atoms with Crippen LogP contribution < -0.4 is 19.5 Å². The van der Waals surface area contributed by atoms with Crippen LogP contribution in [0.2, 0.25) is 0 Å². The number of sulfone groups is 1. The zero-order valence-electron chi connectivity index (χ0n) is 16.9. The second kappa shape index (κ2) is 7.97. The highest BCUT2D eigenvalue weighted by atomic mass is 32.2. The SMILES string of the molecule is COc1ccccc1Nc1oc(-c2ccco2)nc1S(=O)(=O)c1ccc2c(c1)OCCO2. The Balaban J connectivity index is 1.62. The van der Waals surface area contributed by atoms with E-state index in [0.717, 1.165) is 0 Å². The molecule has 10 heteroatoms. The maximum atomic E-state index is 13.5. The molecule has 1 aliphatic heterocycles. The minimum Gasteiger partial charge on any atom is -0.495 e. The summed E-state index contributed by atoms with van der Waals surface area (Å²) in [6.07, 6.45) is 1.45.